The summed E-state index contributed by atoms with van der Waals surface area (Å²) in [6, 6.07) is 13.0. The summed E-state index contributed by atoms with van der Waals surface area (Å²) in [4.78, 5) is 35.9. The van der Waals surface area contributed by atoms with Crippen LogP contribution in [0.15, 0.2) is 47.8 Å². The van der Waals surface area contributed by atoms with E-state index in [2.05, 4.69) is 10.6 Å². The number of ether oxygens (including phenoxy) is 1. The second-order valence-corrected chi connectivity index (χ2v) is 6.70. The van der Waals surface area contributed by atoms with Crippen LogP contribution >= 0.6 is 11.3 Å². The smallest absolute Gasteiger partial charge is 0.308 e. The first kappa shape index (κ1) is 19.7. The summed E-state index contributed by atoms with van der Waals surface area (Å²) in [6.07, 6.45) is 0.695. The number of thiophene rings is 1. The molecule has 0 saturated heterocycles. The van der Waals surface area contributed by atoms with Gasteiger partial charge in [0.1, 0.15) is 0 Å². The van der Waals surface area contributed by atoms with Gasteiger partial charge in [-0.2, -0.15) is 0 Å². The number of amides is 2. The monoisotopic (exact) mass is 374 g/mol. The van der Waals surface area contributed by atoms with Crippen molar-refractivity contribution in [3.05, 3.63) is 58.3 Å². The molecule has 0 radical (unpaired) electrons. The third-order valence-corrected chi connectivity index (χ3v) is 4.56. The van der Waals surface area contributed by atoms with E-state index in [-0.39, 0.29) is 24.8 Å². The molecule has 0 aliphatic rings. The van der Waals surface area contributed by atoms with Gasteiger partial charge in [-0.15, -0.1) is 11.3 Å². The summed E-state index contributed by atoms with van der Waals surface area (Å²) < 4.78 is 5.02. The Labute approximate surface area is 156 Å². The maximum Gasteiger partial charge on any atom is 0.308 e. The predicted octanol–water partition coefficient (Wildman–Crippen LogP) is 2.22. The van der Waals surface area contributed by atoms with Gasteiger partial charge in [0.05, 0.1) is 12.5 Å². The van der Waals surface area contributed by atoms with Gasteiger partial charge >= 0.3 is 5.97 Å². The van der Waals surface area contributed by atoms with E-state index in [4.69, 9.17) is 4.74 Å². The molecule has 2 rings (SSSR count). The highest BCUT2D eigenvalue weighted by molar-refractivity contribution is 7.10. The molecule has 1 aromatic heterocycles. The van der Waals surface area contributed by atoms with Crippen molar-refractivity contribution in [2.45, 2.75) is 25.8 Å². The SMILES string of the molecule is CC(=O)NC(CC(=O)OCC(=O)NCCc1ccccc1)c1cccs1. The predicted molar refractivity (Wildman–Crippen MR) is 99.6 cm³/mol. The lowest BCUT2D eigenvalue weighted by molar-refractivity contribution is -0.149. The Balaban J connectivity index is 1.71. The van der Waals surface area contributed by atoms with E-state index in [1.807, 2.05) is 47.8 Å². The van der Waals surface area contributed by atoms with Gasteiger partial charge in [-0.3, -0.25) is 14.4 Å². The van der Waals surface area contributed by atoms with E-state index < -0.39 is 12.0 Å². The normalized spacial score (nSPS) is 11.4. The number of rotatable bonds is 9. The first-order chi connectivity index (χ1) is 12.5. The van der Waals surface area contributed by atoms with E-state index in [0.29, 0.717) is 13.0 Å². The molecule has 2 aromatic rings. The highest BCUT2D eigenvalue weighted by atomic mass is 32.1. The minimum atomic E-state index is -0.532. The average Bonchev–Trinajstić information content (AvgIpc) is 3.14. The molecule has 0 saturated carbocycles. The fourth-order valence-corrected chi connectivity index (χ4v) is 3.15. The molecule has 2 amide bonds. The van der Waals surface area contributed by atoms with Crippen LogP contribution in [0, 0.1) is 0 Å². The molecule has 26 heavy (non-hydrogen) atoms. The summed E-state index contributed by atoms with van der Waals surface area (Å²) in [6.45, 7) is 1.54. The molecular formula is C19H22N2O4S. The molecule has 2 N–H and O–H groups in total. The van der Waals surface area contributed by atoms with Crippen LogP contribution in [0.4, 0.5) is 0 Å². The topological polar surface area (TPSA) is 84.5 Å². The van der Waals surface area contributed by atoms with Crippen LogP contribution in [0.2, 0.25) is 0 Å². The Morgan fingerprint density at radius 2 is 1.88 bits per heavy atom. The molecule has 1 atom stereocenters. The summed E-state index contributed by atoms with van der Waals surface area (Å²) in [5.74, 6) is -1.10. The largest absolute Gasteiger partial charge is 0.456 e. The minimum absolute atomic E-state index is 0.0165. The molecule has 0 aliphatic heterocycles. The molecule has 0 bridgehead atoms. The van der Waals surface area contributed by atoms with Crippen LogP contribution in [-0.4, -0.2) is 30.9 Å². The zero-order valence-electron chi connectivity index (χ0n) is 14.6. The molecule has 0 aliphatic carbocycles. The molecule has 7 heteroatoms. The third-order valence-electron chi connectivity index (χ3n) is 3.58. The Bertz CT molecular complexity index is 716. The fourth-order valence-electron chi connectivity index (χ4n) is 2.37. The van der Waals surface area contributed by atoms with E-state index in [9.17, 15) is 14.4 Å². The van der Waals surface area contributed by atoms with Crippen LogP contribution < -0.4 is 10.6 Å². The second kappa shape index (κ2) is 10.4. The van der Waals surface area contributed by atoms with Crippen LogP contribution in [-0.2, 0) is 25.5 Å². The number of hydrogen-bond donors (Lipinski definition) is 2. The Kier molecular flexibility index (Phi) is 7.82. The standard InChI is InChI=1S/C19H22N2O4S/c1-14(22)21-16(17-8-5-11-26-17)12-19(24)25-13-18(23)20-10-9-15-6-3-2-4-7-15/h2-8,11,16H,9-10,12-13H2,1H3,(H,20,23)(H,21,22). The van der Waals surface area contributed by atoms with Crippen molar-refractivity contribution in [1.29, 1.82) is 0 Å². The Hall–Kier alpha value is -2.67. The maximum atomic E-state index is 12.0. The van der Waals surface area contributed by atoms with Crippen molar-refractivity contribution in [3.8, 4) is 0 Å². The number of hydrogen-bond acceptors (Lipinski definition) is 5. The number of benzene rings is 1. The quantitative estimate of drug-likeness (QED) is 0.659. The van der Waals surface area contributed by atoms with Crippen LogP contribution in [0.3, 0.4) is 0 Å². The van der Waals surface area contributed by atoms with Crippen molar-refractivity contribution < 1.29 is 19.1 Å². The number of carbonyl (C=O) groups is 3. The van der Waals surface area contributed by atoms with Crippen LogP contribution in [0.5, 0.6) is 0 Å². The molecule has 138 valence electrons. The molecule has 1 aromatic carbocycles. The van der Waals surface area contributed by atoms with Gasteiger partial charge < -0.3 is 15.4 Å². The van der Waals surface area contributed by atoms with E-state index in [1.165, 1.54) is 18.3 Å². The molecule has 6 nitrogen and oxygen atoms in total. The average molecular weight is 374 g/mol. The van der Waals surface area contributed by atoms with Gasteiger partial charge in [-0.25, -0.2) is 0 Å². The second-order valence-electron chi connectivity index (χ2n) is 5.72. The number of esters is 1. The summed E-state index contributed by atoms with van der Waals surface area (Å²) >= 11 is 1.45. The summed E-state index contributed by atoms with van der Waals surface area (Å²) in [7, 11) is 0. The lowest BCUT2D eigenvalue weighted by Crippen LogP contribution is -2.32. The van der Waals surface area contributed by atoms with Crippen molar-refractivity contribution in [2.24, 2.45) is 0 Å². The van der Waals surface area contributed by atoms with Gasteiger partial charge in [0.25, 0.3) is 5.91 Å². The molecule has 0 fully saturated rings. The van der Waals surface area contributed by atoms with Crippen LogP contribution in [0.25, 0.3) is 0 Å². The third kappa shape index (κ3) is 7.06. The van der Waals surface area contributed by atoms with Gasteiger partial charge in [0.15, 0.2) is 6.61 Å². The minimum Gasteiger partial charge on any atom is -0.456 e. The van der Waals surface area contributed by atoms with Crippen molar-refractivity contribution in [3.63, 3.8) is 0 Å². The van der Waals surface area contributed by atoms with Crippen molar-refractivity contribution in [1.82, 2.24) is 10.6 Å². The van der Waals surface area contributed by atoms with Gasteiger partial charge in [0.2, 0.25) is 5.91 Å². The van der Waals surface area contributed by atoms with Crippen molar-refractivity contribution >= 4 is 29.1 Å². The van der Waals surface area contributed by atoms with Crippen molar-refractivity contribution in [2.75, 3.05) is 13.2 Å². The Morgan fingerprint density at radius 1 is 1.12 bits per heavy atom. The van der Waals surface area contributed by atoms with E-state index in [1.54, 1.807) is 0 Å². The Morgan fingerprint density at radius 3 is 2.54 bits per heavy atom. The van der Waals surface area contributed by atoms with Gasteiger partial charge in [-0.05, 0) is 23.4 Å². The van der Waals surface area contributed by atoms with Crippen LogP contribution in [0.1, 0.15) is 29.8 Å². The zero-order valence-corrected chi connectivity index (χ0v) is 15.4. The summed E-state index contributed by atoms with van der Waals surface area (Å²) in [5.41, 5.74) is 1.12. The zero-order chi connectivity index (χ0) is 18.8. The van der Waals surface area contributed by atoms with E-state index >= 15 is 0 Å². The first-order valence-electron chi connectivity index (χ1n) is 8.31. The highest BCUT2D eigenvalue weighted by Gasteiger charge is 2.19. The fraction of sp³-hybridized carbons (Fsp3) is 0.316. The summed E-state index contributed by atoms with van der Waals surface area (Å²) in [5, 5.41) is 7.31. The lowest BCUT2D eigenvalue weighted by atomic mass is 10.1. The molecule has 1 unspecified atom stereocenters. The maximum absolute atomic E-state index is 12.0. The number of carbonyl (C=O) groups excluding carboxylic acids is 3. The van der Waals surface area contributed by atoms with Gasteiger partial charge in [-0.1, -0.05) is 36.4 Å². The van der Waals surface area contributed by atoms with Gasteiger partial charge in [0, 0.05) is 18.3 Å². The highest BCUT2D eigenvalue weighted by Crippen LogP contribution is 2.22. The number of nitrogens with one attached hydrogen (secondary N) is 2. The lowest BCUT2D eigenvalue weighted by Gasteiger charge is -2.15. The molecule has 1 heterocycles. The van der Waals surface area contributed by atoms with E-state index in [0.717, 1.165) is 10.4 Å². The molecular weight excluding hydrogens is 352 g/mol. The molecule has 0 spiro atoms. The first-order valence-corrected chi connectivity index (χ1v) is 9.19.